The molecule has 23 heavy (non-hydrogen) atoms. The van der Waals surface area contributed by atoms with Gasteiger partial charge < -0.3 is 0 Å². The maximum absolute atomic E-state index is 4.82. The molecule has 0 fully saturated rings. The summed E-state index contributed by atoms with van der Waals surface area (Å²) in [5, 5.41) is 4.82. The van der Waals surface area contributed by atoms with Gasteiger partial charge in [0.25, 0.3) is 0 Å². The summed E-state index contributed by atoms with van der Waals surface area (Å²) < 4.78 is 1.98. The van der Waals surface area contributed by atoms with Gasteiger partial charge in [-0.2, -0.15) is 5.10 Å². The Kier molecular flexibility index (Phi) is 3.45. The Bertz CT molecular complexity index is 841. The molecule has 0 saturated heterocycles. The molecule has 2 aromatic carbocycles. The van der Waals surface area contributed by atoms with Crippen LogP contribution in [0.2, 0.25) is 0 Å². The number of benzene rings is 2. The summed E-state index contributed by atoms with van der Waals surface area (Å²) in [6, 6.07) is 26.5. The van der Waals surface area contributed by atoms with Gasteiger partial charge in [0.1, 0.15) is 0 Å². The number of aromatic nitrogens is 3. The Morgan fingerprint density at radius 2 is 1.30 bits per heavy atom. The topological polar surface area (TPSA) is 30.7 Å². The van der Waals surface area contributed by atoms with E-state index in [1.54, 1.807) is 12.4 Å². The Morgan fingerprint density at radius 1 is 0.652 bits per heavy atom. The van der Waals surface area contributed by atoms with E-state index in [9.17, 15) is 0 Å². The molecule has 0 aliphatic carbocycles. The SMILES string of the molecule is c1ccc(-c2cc(-c3ccncc3)n(-c3ccccc3)n2)cc1. The lowest BCUT2D eigenvalue weighted by Gasteiger charge is -2.06. The monoisotopic (exact) mass is 297 g/mol. The van der Waals surface area contributed by atoms with E-state index in [0.717, 1.165) is 28.2 Å². The second-order valence-electron chi connectivity index (χ2n) is 5.26. The number of hydrogen-bond donors (Lipinski definition) is 0. The minimum absolute atomic E-state index is 0.960. The lowest BCUT2D eigenvalue weighted by molar-refractivity contribution is 0.891. The molecule has 3 nitrogen and oxygen atoms in total. The number of para-hydroxylation sites is 1. The van der Waals surface area contributed by atoms with Crippen molar-refractivity contribution in [3.05, 3.63) is 91.3 Å². The van der Waals surface area contributed by atoms with E-state index in [-0.39, 0.29) is 0 Å². The van der Waals surface area contributed by atoms with Crippen molar-refractivity contribution in [1.82, 2.24) is 14.8 Å². The molecule has 0 atom stereocenters. The average Bonchev–Trinajstić information content (AvgIpc) is 3.09. The van der Waals surface area contributed by atoms with E-state index >= 15 is 0 Å². The molecule has 0 amide bonds. The number of nitrogens with zero attached hydrogens (tertiary/aromatic N) is 3. The fraction of sp³-hybridized carbons (Fsp3) is 0. The highest BCUT2D eigenvalue weighted by molar-refractivity contribution is 5.70. The van der Waals surface area contributed by atoms with Crippen molar-refractivity contribution >= 4 is 0 Å². The molecule has 2 heterocycles. The third-order valence-electron chi connectivity index (χ3n) is 3.76. The van der Waals surface area contributed by atoms with Crippen molar-refractivity contribution in [2.24, 2.45) is 0 Å². The van der Waals surface area contributed by atoms with Gasteiger partial charge in [0.15, 0.2) is 0 Å². The molecule has 2 aromatic heterocycles. The molecule has 0 aliphatic rings. The quantitative estimate of drug-likeness (QED) is 0.553. The van der Waals surface area contributed by atoms with Crippen LogP contribution < -0.4 is 0 Å². The third kappa shape index (κ3) is 2.64. The summed E-state index contributed by atoms with van der Waals surface area (Å²) in [7, 11) is 0. The van der Waals surface area contributed by atoms with E-state index in [4.69, 9.17) is 5.10 Å². The van der Waals surface area contributed by atoms with Gasteiger partial charge in [0, 0.05) is 23.5 Å². The molecule has 0 N–H and O–H groups in total. The Hall–Kier alpha value is -3.20. The number of rotatable bonds is 3. The maximum atomic E-state index is 4.82. The Morgan fingerprint density at radius 3 is 2.00 bits per heavy atom. The van der Waals surface area contributed by atoms with E-state index in [2.05, 4.69) is 35.3 Å². The van der Waals surface area contributed by atoms with E-state index in [0.29, 0.717) is 0 Å². The van der Waals surface area contributed by atoms with Crippen LogP contribution in [0, 0.1) is 0 Å². The first kappa shape index (κ1) is 13.5. The lowest BCUT2D eigenvalue weighted by Crippen LogP contribution is -1.98. The largest absolute Gasteiger partial charge is 0.265 e. The van der Waals surface area contributed by atoms with Gasteiger partial charge in [-0.3, -0.25) is 4.98 Å². The summed E-state index contributed by atoms with van der Waals surface area (Å²) in [5.41, 5.74) is 5.26. The van der Waals surface area contributed by atoms with Crippen molar-refractivity contribution in [2.45, 2.75) is 0 Å². The lowest BCUT2D eigenvalue weighted by atomic mass is 10.1. The zero-order valence-corrected chi connectivity index (χ0v) is 12.5. The molecule has 4 aromatic rings. The van der Waals surface area contributed by atoms with Gasteiger partial charge in [-0.25, -0.2) is 4.68 Å². The van der Waals surface area contributed by atoms with Crippen molar-refractivity contribution in [2.75, 3.05) is 0 Å². The fourth-order valence-corrected chi connectivity index (χ4v) is 2.63. The van der Waals surface area contributed by atoms with Crippen LogP contribution in [-0.2, 0) is 0 Å². The van der Waals surface area contributed by atoms with Crippen LogP contribution in [0.25, 0.3) is 28.2 Å². The van der Waals surface area contributed by atoms with Crippen LogP contribution in [0.5, 0.6) is 0 Å². The average molecular weight is 297 g/mol. The second kappa shape index (κ2) is 5.89. The minimum Gasteiger partial charge on any atom is -0.265 e. The van der Waals surface area contributed by atoms with Gasteiger partial charge in [-0.15, -0.1) is 0 Å². The van der Waals surface area contributed by atoms with Gasteiger partial charge in [0.2, 0.25) is 0 Å². The van der Waals surface area contributed by atoms with E-state index in [1.165, 1.54) is 0 Å². The molecule has 4 rings (SSSR count). The molecule has 0 saturated carbocycles. The second-order valence-corrected chi connectivity index (χ2v) is 5.26. The summed E-state index contributed by atoms with van der Waals surface area (Å²) in [5.74, 6) is 0. The first-order valence-corrected chi connectivity index (χ1v) is 7.53. The van der Waals surface area contributed by atoms with Crippen molar-refractivity contribution < 1.29 is 0 Å². The molecule has 110 valence electrons. The maximum Gasteiger partial charge on any atom is 0.0934 e. The minimum atomic E-state index is 0.960. The van der Waals surface area contributed by atoms with E-state index in [1.807, 2.05) is 53.2 Å². The van der Waals surface area contributed by atoms with E-state index < -0.39 is 0 Å². The number of pyridine rings is 1. The van der Waals surface area contributed by atoms with Gasteiger partial charge in [-0.05, 0) is 30.3 Å². The smallest absolute Gasteiger partial charge is 0.0934 e. The van der Waals surface area contributed by atoms with Gasteiger partial charge in [-0.1, -0.05) is 48.5 Å². The van der Waals surface area contributed by atoms with Crippen molar-refractivity contribution in [1.29, 1.82) is 0 Å². The molecule has 0 bridgehead atoms. The summed E-state index contributed by atoms with van der Waals surface area (Å²) >= 11 is 0. The zero-order chi connectivity index (χ0) is 15.5. The summed E-state index contributed by atoms with van der Waals surface area (Å²) in [6.07, 6.45) is 3.61. The van der Waals surface area contributed by atoms with Crippen LogP contribution >= 0.6 is 0 Å². The molecule has 0 spiro atoms. The van der Waals surface area contributed by atoms with Crippen LogP contribution in [0.15, 0.2) is 91.3 Å². The summed E-state index contributed by atoms with van der Waals surface area (Å²) in [4.78, 5) is 4.11. The highest BCUT2D eigenvalue weighted by Gasteiger charge is 2.12. The molecule has 0 radical (unpaired) electrons. The fourth-order valence-electron chi connectivity index (χ4n) is 2.63. The van der Waals surface area contributed by atoms with Gasteiger partial charge in [0.05, 0.1) is 17.1 Å². The molecular weight excluding hydrogens is 282 g/mol. The first-order valence-electron chi connectivity index (χ1n) is 7.53. The first-order chi connectivity index (χ1) is 11.4. The highest BCUT2D eigenvalue weighted by Crippen LogP contribution is 2.28. The third-order valence-corrected chi connectivity index (χ3v) is 3.76. The summed E-state index contributed by atoms with van der Waals surface area (Å²) in [6.45, 7) is 0. The van der Waals surface area contributed by atoms with Crippen molar-refractivity contribution in [3.8, 4) is 28.2 Å². The predicted octanol–water partition coefficient (Wildman–Crippen LogP) is 4.60. The molecule has 0 unspecified atom stereocenters. The molecular formula is C20H15N3. The normalized spacial score (nSPS) is 10.6. The van der Waals surface area contributed by atoms with Crippen LogP contribution in [0.3, 0.4) is 0 Å². The standard InChI is InChI=1S/C20H15N3/c1-3-7-16(8-4-1)19-15-20(17-11-13-21-14-12-17)23(22-19)18-9-5-2-6-10-18/h1-15H. The van der Waals surface area contributed by atoms with Crippen LogP contribution in [-0.4, -0.2) is 14.8 Å². The Labute approximate surface area is 134 Å². The molecule has 3 heteroatoms. The van der Waals surface area contributed by atoms with Gasteiger partial charge >= 0.3 is 0 Å². The molecule has 0 aliphatic heterocycles. The predicted molar refractivity (Wildman–Crippen MR) is 92.2 cm³/mol. The highest BCUT2D eigenvalue weighted by atomic mass is 15.3. The number of hydrogen-bond acceptors (Lipinski definition) is 2. The van der Waals surface area contributed by atoms with Crippen LogP contribution in [0.1, 0.15) is 0 Å². The van der Waals surface area contributed by atoms with Crippen molar-refractivity contribution in [3.63, 3.8) is 0 Å². The van der Waals surface area contributed by atoms with Crippen LogP contribution in [0.4, 0.5) is 0 Å². The Balaban J connectivity index is 1.91. The zero-order valence-electron chi connectivity index (χ0n) is 12.5.